The number of nitrogens with one attached hydrogen (secondary N) is 1. The molecule has 0 bridgehead atoms. The summed E-state index contributed by atoms with van der Waals surface area (Å²) in [7, 11) is 0. The van der Waals surface area contributed by atoms with E-state index < -0.39 is 6.10 Å². The number of hydrogen-bond acceptors (Lipinski definition) is 6. The van der Waals surface area contributed by atoms with E-state index in [0.717, 1.165) is 47.9 Å². The number of ether oxygens (including phenoxy) is 1. The number of fused-ring (bicyclic) bond motifs is 3. The number of H-pyrrole nitrogens is 1. The molecule has 0 aliphatic heterocycles. The van der Waals surface area contributed by atoms with Crippen molar-refractivity contribution in [1.82, 2.24) is 9.97 Å². The van der Waals surface area contributed by atoms with E-state index in [1.807, 2.05) is 11.4 Å². The summed E-state index contributed by atoms with van der Waals surface area (Å²) in [6.07, 6.45) is 4.49. The Bertz CT molecular complexity index is 1040. The predicted molar refractivity (Wildman–Crippen MR) is 113 cm³/mol. The molecule has 3 aromatic heterocycles. The number of carbonyl (C=O) groups excluding carboxylic acids is 1. The van der Waals surface area contributed by atoms with E-state index >= 15 is 0 Å². The summed E-state index contributed by atoms with van der Waals surface area (Å²) in [5.41, 5.74) is 1.05. The van der Waals surface area contributed by atoms with Crippen LogP contribution in [0.1, 0.15) is 60.4 Å². The first kappa shape index (κ1) is 19.3. The fourth-order valence-corrected chi connectivity index (χ4v) is 5.87. The minimum Gasteiger partial charge on any atom is -0.454 e. The van der Waals surface area contributed by atoms with Crippen molar-refractivity contribution in [1.29, 1.82) is 0 Å². The topological polar surface area (TPSA) is 72.0 Å². The largest absolute Gasteiger partial charge is 0.454 e. The molecule has 0 radical (unpaired) electrons. The molecule has 0 amide bonds. The molecule has 0 spiro atoms. The van der Waals surface area contributed by atoms with Crippen LogP contribution in [-0.4, -0.2) is 15.9 Å². The quantitative estimate of drug-likeness (QED) is 0.586. The molecule has 0 aromatic carbocycles. The third-order valence-corrected chi connectivity index (χ3v) is 7.35. The number of carbonyl (C=O) groups is 1. The van der Waals surface area contributed by atoms with Gasteiger partial charge in [0, 0.05) is 16.2 Å². The first-order valence-corrected chi connectivity index (χ1v) is 11.5. The zero-order valence-corrected chi connectivity index (χ0v) is 17.8. The van der Waals surface area contributed by atoms with Crippen molar-refractivity contribution in [3.63, 3.8) is 0 Å². The first-order chi connectivity index (χ1) is 13.5. The Labute approximate surface area is 171 Å². The number of esters is 1. The third kappa shape index (κ3) is 4.05. The molecule has 5 nitrogen and oxygen atoms in total. The van der Waals surface area contributed by atoms with E-state index in [1.165, 1.54) is 9.75 Å². The van der Waals surface area contributed by atoms with Crippen molar-refractivity contribution >= 4 is 38.9 Å². The van der Waals surface area contributed by atoms with Gasteiger partial charge in [0.2, 0.25) is 0 Å². The Morgan fingerprint density at radius 3 is 3.11 bits per heavy atom. The van der Waals surface area contributed by atoms with Crippen LogP contribution in [0.2, 0.25) is 0 Å². The van der Waals surface area contributed by atoms with Crippen LogP contribution in [-0.2, 0) is 28.8 Å². The average Bonchev–Trinajstić information content (AvgIpc) is 3.28. The smallest absolute Gasteiger partial charge is 0.306 e. The maximum absolute atomic E-state index is 12.7. The molecule has 0 saturated heterocycles. The van der Waals surface area contributed by atoms with E-state index in [1.54, 1.807) is 29.6 Å². The van der Waals surface area contributed by atoms with Crippen LogP contribution in [0.3, 0.4) is 0 Å². The van der Waals surface area contributed by atoms with Crippen molar-refractivity contribution in [3.8, 4) is 0 Å². The summed E-state index contributed by atoms with van der Waals surface area (Å²) in [6.45, 7) is 4.01. The Balaban J connectivity index is 1.44. The fraction of sp³-hybridized carbons (Fsp3) is 0.476. The number of nitrogens with zero attached hydrogens (tertiary/aromatic N) is 1. The molecule has 1 aliphatic rings. The Hall–Kier alpha value is -1.99. The van der Waals surface area contributed by atoms with Gasteiger partial charge in [-0.1, -0.05) is 13.0 Å². The lowest BCUT2D eigenvalue weighted by atomic mass is 9.89. The first-order valence-electron chi connectivity index (χ1n) is 9.77. The molecular formula is C21H24N2O3S2. The number of aryl methyl sites for hydroxylation is 2. The minimum absolute atomic E-state index is 0.118. The lowest BCUT2D eigenvalue weighted by Gasteiger charge is -2.17. The number of aromatic nitrogens is 2. The highest BCUT2D eigenvalue weighted by atomic mass is 32.1. The van der Waals surface area contributed by atoms with Gasteiger partial charge in [0.05, 0.1) is 5.39 Å². The van der Waals surface area contributed by atoms with Crippen molar-refractivity contribution in [2.75, 3.05) is 0 Å². The standard InChI is InChI=1S/C21H24N2O3S2/c1-12-8-9-15-16(11-12)28-21-18(15)20(25)22-19(23-21)13(2)26-17(24)7-3-5-14-6-4-10-27-14/h4,6,10,12-13H,3,5,7-9,11H2,1-2H3,(H,22,23,25)/t12-,13-/m1/s1. The van der Waals surface area contributed by atoms with Crippen molar-refractivity contribution in [2.24, 2.45) is 5.92 Å². The van der Waals surface area contributed by atoms with E-state index in [9.17, 15) is 9.59 Å². The average molecular weight is 417 g/mol. The van der Waals surface area contributed by atoms with Crippen molar-refractivity contribution in [3.05, 3.63) is 49.0 Å². The Morgan fingerprint density at radius 1 is 1.46 bits per heavy atom. The molecule has 0 unspecified atom stereocenters. The molecule has 148 valence electrons. The second-order valence-corrected chi connectivity index (χ2v) is 9.66. The molecule has 28 heavy (non-hydrogen) atoms. The highest BCUT2D eigenvalue weighted by molar-refractivity contribution is 7.18. The predicted octanol–water partition coefficient (Wildman–Crippen LogP) is 4.80. The Morgan fingerprint density at radius 2 is 2.32 bits per heavy atom. The lowest BCUT2D eigenvalue weighted by molar-refractivity contribution is -0.149. The Kier molecular flexibility index (Phi) is 5.64. The molecule has 3 aromatic rings. The number of aromatic amines is 1. The van der Waals surface area contributed by atoms with Gasteiger partial charge in [-0.15, -0.1) is 22.7 Å². The van der Waals surface area contributed by atoms with Gasteiger partial charge >= 0.3 is 5.97 Å². The van der Waals surface area contributed by atoms with Crippen LogP contribution in [0.4, 0.5) is 0 Å². The van der Waals surface area contributed by atoms with E-state index in [0.29, 0.717) is 18.2 Å². The monoisotopic (exact) mass is 416 g/mol. The second kappa shape index (κ2) is 8.17. The molecule has 3 heterocycles. The van der Waals surface area contributed by atoms with Gasteiger partial charge in [-0.05, 0) is 62.0 Å². The van der Waals surface area contributed by atoms with Gasteiger partial charge in [0.1, 0.15) is 4.83 Å². The second-order valence-electron chi connectivity index (χ2n) is 7.55. The maximum atomic E-state index is 12.7. The van der Waals surface area contributed by atoms with Gasteiger partial charge < -0.3 is 9.72 Å². The molecule has 1 N–H and O–H groups in total. The van der Waals surface area contributed by atoms with Crippen LogP contribution >= 0.6 is 22.7 Å². The van der Waals surface area contributed by atoms with Crippen LogP contribution in [0.5, 0.6) is 0 Å². The summed E-state index contributed by atoms with van der Waals surface area (Å²) in [6, 6.07) is 4.09. The van der Waals surface area contributed by atoms with Gasteiger partial charge in [-0.25, -0.2) is 4.98 Å². The van der Waals surface area contributed by atoms with Crippen LogP contribution < -0.4 is 5.56 Å². The van der Waals surface area contributed by atoms with E-state index in [4.69, 9.17) is 4.74 Å². The molecule has 7 heteroatoms. The maximum Gasteiger partial charge on any atom is 0.306 e. The van der Waals surface area contributed by atoms with E-state index in [2.05, 4.69) is 23.0 Å². The normalized spacial score (nSPS) is 17.4. The summed E-state index contributed by atoms with van der Waals surface area (Å²) in [5.74, 6) is 0.815. The molecule has 0 fully saturated rings. The summed E-state index contributed by atoms with van der Waals surface area (Å²) >= 11 is 3.31. The summed E-state index contributed by atoms with van der Waals surface area (Å²) in [4.78, 5) is 35.6. The molecule has 2 atom stereocenters. The molecule has 4 rings (SSSR count). The molecular weight excluding hydrogens is 392 g/mol. The number of thiophene rings is 2. The van der Waals surface area contributed by atoms with Crippen molar-refractivity contribution < 1.29 is 9.53 Å². The van der Waals surface area contributed by atoms with Gasteiger partial charge in [0.25, 0.3) is 5.56 Å². The highest BCUT2D eigenvalue weighted by Gasteiger charge is 2.24. The van der Waals surface area contributed by atoms with Crippen LogP contribution in [0.15, 0.2) is 22.3 Å². The fourth-order valence-electron chi connectivity index (χ4n) is 3.73. The van der Waals surface area contributed by atoms with E-state index in [-0.39, 0.29) is 11.5 Å². The SMILES string of the molecule is C[C@@H]1CCc2c(sc3nc([C@@H](C)OC(=O)CCCc4cccs4)[nH]c(=O)c23)C1. The number of hydrogen-bond donors (Lipinski definition) is 1. The summed E-state index contributed by atoms with van der Waals surface area (Å²) < 4.78 is 5.52. The zero-order chi connectivity index (χ0) is 19.7. The lowest BCUT2D eigenvalue weighted by Crippen LogP contribution is -2.18. The van der Waals surface area contributed by atoms with Gasteiger partial charge in [-0.2, -0.15) is 0 Å². The van der Waals surface area contributed by atoms with Gasteiger partial charge in [0.15, 0.2) is 11.9 Å². The van der Waals surface area contributed by atoms with Crippen molar-refractivity contribution in [2.45, 2.75) is 58.5 Å². The summed E-state index contributed by atoms with van der Waals surface area (Å²) in [5, 5.41) is 2.77. The molecule has 1 aliphatic carbocycles. The third-order valence-electron chi connectivity index (χ3n) is 5.26. The van der Waals surface area contributed by atoms with Crippen LogP contribution in [0.25, 0.3) is 10.2 Å². The van der Waals surface area contributed by atoms with Crippen LogP contribution in [0, 0.1) is 5.92 Å². The van der Waals surface area contributed by atoms with Gasteiger partial charge in [-0.3, -0.25) is 9.59 Å². The molecule has 0 saturated carbocycles. The minimum atomic E-state index is -0.565. The highest BCUT2D eigenvalue weighted by Crippen LogP contribution is 2.36. The number of rotatable bonds is 6. The zero-order valence-electron chi connectivity index (χ0n) is 16.1.